The number of para-hydroxylation sites is 1. The van der Waals surface area contributed by atoms with Crippen molar-refractivity contribution in [3.63, 3.8) is 0 Å². The fourth-order valence-electron chi connectivity index (χ4n) is 1.49. The van der Waals surface area contributed by atoms with Crippen molar-refractivity contribution in [1.82, 2.24) is 0 Å². The molecule has 0 aliphatic carbocycles. The van der Waals surface area contributed by atoms with Crippen LogP contribution in [-0.4, -0.2) is 0 Å². The van der Waals surface area contributed by atoms with Crippen LogP contribution in [0.2, 0.25) is 0 Å². The van der Waals surface area contributed by atoms with Crippen LogP contribution in [0.15, 0.2) is 54.8 Å². The van der Waals surface area contributed by atoms with Crippen molar-refractivity contribution < 1.29 is 4.74 Å². The third-order valence-electron chi connectivity index (χ3n) is 2.23. The van der Waals surface area contributed by atoms with E-state index in [4.69, 9.17) is 10.5 Å². The summed E-state index contributed by atoms with van der Waals surface area (Å²) in [6.45, 7) is 3.80. The lowest BCUT2D eigenvalue weighted by atomic mass is 10.1. The van der Waals surface area contributed by atoms with Crippen LogP contribution in [0.5, 0.6) is 5.75 Å². The van der Waals surface area contributed by atoms with Gasteiger partial charge >= 0.3 is 0 Å². The summed E-state index contributed by atoms with van der Waals surface area (Å²) < 4.78 is 5.60. The lowest BCUT2D eigenvalue weighted by Crippen LogP contribution is -1.99. The highest BCUT2D eigenvalue weighted by atomic mass is 16.5. The minimum Gasteiger partial charge on any atom is -0.456 e. The lowest BCUT2D eigenvalue weighted by molar-refractivity contribution is 0.445. The van der Waals surface area contributed by atoms with Gasteiger partial charge in [-0.1, -0.05) is 36.9 Å². The van der Waals surface area contributed by atoms with E-state index >= 15 is 0 Å². The minimum atomic E-state index is 0.598. The Morgan fingerprint density at radius 2 is 2.13 bits per heavy atom. The van der Waals surface area contributed by atoms with Crippen molar-refractivity contribution in [3.8, 4) is 5.75 Å². The first-order chi connectivity index (χ1) is 7.27. The molecule has 0 atom stereocenters. The Morgan fingerprint density at radius 3 is 3.00 bits per heavy atom. The summed E-state index contributed by atoms with van der Waals surface area (Å²) in [6, 6.07) is 5.77. The molecule has 2 nitrogen and oxygen atoms in total. The third-order valence-corrected chi connectivity index (χ3v) is 2.23. The quantitative estimate of drug-likeness (QED) is 0.652. The number of ether oxygens (including phenoxy) is 1. The smallest absolute Gasteiger partial charge is 0.153 e. The molecule has 0 amide bonds. The van der Waals surface area contributed by atoms with Gasteiger partial charge in [-0.2, -0.15) is 0 Å². The van der Waals surface area contributed by atoms with Gasteiger partial charge in [-0.3, -0.25) is 0 Å². The van der Waals surface area contributed by atoms with Crippen molar-refractivity contribution in [2.75, 3.05) is 5.73 Å². The van der Waals surface area contributed by atoms with E-state index in [1.807, 2.05) is 36.4 Å². The van der Waals surface area contributed by atoms with Crippen LogP contribution in [0, 0.1) is 0 Å². The molecule has 1 heterocycles. The van der Waals surface area contributed by atoms with E-state index in [-0.39, 0.29) is 0 Å². The van der Waals surface area contributed by atoms with Crippen LogP contribution in [0.3, 0.4) is 0 Å². The molecule has 1 aromatic carbocycles. The predicted octanol–water partition coefficient (Wildman–Crippen LogP) is 2.83. The summed E-state index contributed by atoms with van der Waals surface area (Å²) in [5.41, 5.74) is 7.59. The van der Waals surface area contributed by atoms with Gasteiger partial charge in [0.1, 0.15) is 5.76 Å². The number of nitrogen functional groups attached to an aromatic ring is 1. The normalized spacial score (nSPS) is 19.1. The Kier molecular flexibility index (Phi) is 2.59. The first kappa shape index (κ1) is 9.59. The van der Waals surface area contributed by atoms with Gasteiger partial charge in [0.25, 0.3) is 0 Å². The number of nitrogens with two attached hydrogens (primary N) is 1. The van der Waals surface area contributed by atoms with Gasteiger partial charge in [0.05, 0.1) is 5.69 Å². The number of benzene rings is 1. The highest BCUT2D eigenvalue weighted by Crippen LogP contribution is 2.29. The van der Waals surface area contributed by atoms with Crippen LogP contribution in [0.1, 0.15) is 5.56 Å². The SMILES string of the molecule is C=C1/C=C\C=C/Cc2cccc(N)c2O1. The molecule has 2 heteroatoms. The van der Waals surface area contributed by atoms with Crippen molar-refractivity contribution in [1.29, 1.82) is 0 Å². The van der Waals surface area contributed by atoms with E-state index in [1.54, 1.807) is 0 Å². The molecule has 0 saturated carbocycles. The zero-order chi connectivity index (χ0) is 10.7. The molecule has 0 bridgehead atoms. The molecule has 0 fully saturated rings. The largest absolute Gasteiger partial charge is 0.456 e. The molecule has 1 aliphatic rings. The molecule has 0 unspecified atom stereocenters. The third kappa shape index (κ3) is 2.10. The van der Waals surface area contributed by atoms with E-state index in [2.05, 4.69) is 12.7 Å². The second-order valence-corrected chi connectivity index (χ2v) is 3.40. The summed E-state index contributed by atoms with van der Waals surface area (Å²) in [4.78, 5) is 0. The molecule has 2 rings (SSSR count). The highest BCUT2D eigenvalue weighted by molar-refractivity contribution is 5.58. The van der Waals surface area contributed by atoms with Gasteiger partial charge in [0, 0.05) is 5.56 Å². The maximum absolute atomic E-state index is 5.86. The Hall–Kier alpha value is -1.96. The van der Waals surface area contributed by atoms with Crippen LogP contribution >= 0.6 is 0 Å². The average molecular weight is 199 g/mol. The van der Waals surface area contributed by atoms with E-state index in [0.717, 1.165) is 17.7 Å². The summed E-state index contributed by atoms with van der Waals surface area (Å²) in [7, 11) is 0. The zero-order valence-corrected chi connectivity index (χ0v) is 8.44. The van der Waals surface area contributed by atoms with Gasteiger partial charge in [0.15, 0.2) is 5.75 Å². The van der Waals surface area contributed by atoms with Gasteiger partial charge in [-0.15, -0.1) is 0 Å². The Labute approximate surface area is 89.4 Å². The van der Waals surface area contributed by atoms with E-state index in [0.29, 0.717) is 11.4 Å². The van der Waals surface area contributed by atoms with Crippen molar-refractivity contribution >= 4 is 5.69 Å². The molecule has 0 spiro atoms. The van der Waals surface area contributed by atoms with E-state index in [9.17, 15) is 0 Å². The first-order valence-corrected chi connectivity index (χ1v) is 4.84. The summed E-state index contributed by atoms with van der Waals surface area (Å²) in [6.07, 6.45) is 8.59. The molecule has 1 aromatic rings. The van der Waals surface area contributed by atoms with Crippen LogP contribution in [-0.2, 0) is 6.42 Å². The number of hydrogen-bond acceptors (Lipinski definition) is 2. The van der Waals surface area contributed by atoms with Gasteiger partial charge in [-0.05, 0) is 18.6 Å². The van der Waals surface area contributed by atoms with E-state index < -0.39 is 0 Å². The number of fused-ring (bicyclic) bond motifs is 1. The first-order valence-electron chi connectivity index (χ1n) is 4.84. The molecular formula is C13H13NO. The van der Waals surface area contributed by atoms with Crippen molar-refractivity contribution in [2.24, 2.45) is 0 Å². The number of hydrogen-bond donors (Lipinski definition) is 1. The molecule has 0 saturated heterocycles. The molecule has 76 valence electrons. The monoisotopic (exact) mass is 199 g/mol. The fraction of sp³-hybridized carbons (Fsp3) is 0.0769. The topological polar surface area (TPSA) is 35.2 Å². The summed E-state index contributed by atoms with van der Waals surface area (Å²) in [5.74, 6) is 1.32. The standard InChI is InChI=1S/C13H13NO/c1-10-6-3-2-4-7-11-8-5-9-12(14)13(11)15-10/h2-6,8-9H,1,7,14H2/b4-2-,6-3-. The predicted molar refractivity (Wildman–Crippen MR) is 62.6 cm³/mol. The van der Waals surface area contributed by atoms with Gasteiger partial charge < -0.3 is 10.5 Å². The molecule has 0 aromatic heterocycles. The Balaban J connectivity index is 2.47. The van der Waals surface area contributed by atoms with Crippen LogP contribution < -0.4 is 10.5 Å². The second kappa shape index (κ2) is 4.05. The minimum absolute atomic E-state index is 0.598. The second-order valence-electron chi connectivity index (χ2n) is 3.40. The summed E-state index contributed by atoms with van der Waals surface area (Å²) >= 11 is 0. The molecule has 0 radical (unpaired) electrons. The Morgan fingerprint density at radius 1 is 1.27 bits per heavy atom. The molecule has 15 heavy (non-hydrogen) atoms. The number of anilines is 1. The highest BCUT2D eigenvalue weighted by Gasteiger charge is 2.07. The maximum atomic E-state index is 5.86. The van der Waals surface area contributed by atoms with Crippen molar-refractivity contribution in [3.05, 3.63) is 60.4 Å². The number of allylic oxidation sites excluding steroid dienone is 4. The summed E-state index contributed by atoms with van der Waals surface area (Å²) in [5, 5.41) is 0. The molecular weight excluding hydrogens is 186 g/mol. The molecule has 2 N–H and O–H groups in total. The zero-order valence-electron chi connectivity index (χ0n) is 8.44. The average Bonchev–Trinajstić information content (AvgIpc) is 2.30. The van der Waals surface area contributed by atoms with Gasteiger partial charge in [-0.25, -0.2) is 0 Å². The van der Waals surface area contributed by atoms with Crippen LogP contribution in [0.25, 0.3) is 0 Å². The Bertz CT molecular complexity index is 444. The fourth-order valence-corrected chi connectivity index (χ4v) is 1.49. The van der Waals surface area contributed by atoms with Crippen molar-refractivity contribution in [2.45, 2.75) is 6.42 Å². The maximum Gasteiger partial charge on any atom is 0.153 e. The van der Waals surface area contributed by atoms with Gasteiger partial charge in [0.2, 0.25) is 0 Å². The molecule has 1 aliphatic heterocycles. The van der Waals surface area contributed by atoms with Crippen LogP contribution in [0.4, 0.5) is 5.69 Å². The van der Waals surface area contributed by atoms with E-state index in [1.165, 1.54) is 0 Å². The lowest BCUT2D eigenvalue weighted by Gasteiger charge is -2.11. The number of rotatable bonds is 0.